The molecule has 0 bridgehead atoms. The molecule has 1 aliphatic heterocycles. The molecule has 1 aromatic heterocycles. The predicted octanol–water partition coefficient (Wildman–Crippen LogP) is 4.13. The van der Waals surface area contributed by atoms with E-state index in [1.165, 1.54) is 0 Å². The monoisotopic (exact) mass is 342 g/mol. The number of pyridine rings is 1. The molecule has 0 spiro atoms. The van der Waals surface area contributed by atoms with E-state index in [1.807, 2.05) is 72.8 Å². The molecule has 0 fully saturated rings. The molecule has 2 heterocycles. The van der Waals surface area contributed by atoms with Crippen LogP contribution in [0.1, 0.15) is 22.7 Å². The summed E-state index contributed by atoms with van der Waals surface area (Å²) in [7, 11) is 0. The Bertz CT molecular complexity index is 938. The summed E-state index contributed by atoms with van der Waals surface area (Å²) in [5.41, 5.74) is 3.38. The van der Waals surface area contributed by atoms with Crippen molar-refractivity contribution in [2.24, 2.45) is 0 Å². The maximum atomic E-state index is 12.9. The molecule has 0 saturated carbocycles. The van der Waals surface area contributed by atoms with Gasteiger partial charge in [-0.25, -0.2) is 0 Å². The number of amides is 1. The second-order valence-corrected chi connectivity index (χ2v) is 6.24. The van der Waals surface area contributed by atoms with Crippen LogP contribution >= 0.6 is 0 Å². The smallest absolute Gasteiger partial charge is 0.290 e. The van der Waals surface area contributed by atoms with E-state index in [9.17, 15) is 9.90 Å². The van der Waals surface area contributed by atoms with E-state index >= 15 is 0 Å². The van der Waals surface area contributed by atoms with Crippen molar-refractivity contribution in [3.05, 3.63) is 108 Å². The molecule has 4 nitrogen and oxygen atoms in total. The summed E-state index contributed by atoms with van der Waals surface area (Å²) in [5, 5.41) is 10.7. The summed E-state index contributed by atoms with van der Waals surface area (Å²) in [6, 6.07) is 22.8. The first-order chi connectivity index (χ1) is 12.8. The van der Waals surface area contributed by atoms with Gasteiger partial charge in [0.15, 0.2) is 5.76 Å². The second kappa shape index (κ2) is 6.84. The highest BCUT2D eigenvalue weighted by Crippen LogP contribution is 2.43. The van der Waals surface area contributed by atoms with Gasteiger partial charge in [0.05, 0.1) is 6.04 Å². The number of rotatable bonds is 4. The average molecular weight is 342 g/mol. The highest BCUT2D eigenvalue weighted by atomic mass is 16.3. The number of nitrogens with zero attached hydrogens (tertiary/aromatic N) is 2. The lowest BCUT2D eigenvalue weighted by molar-refractivity contribution is -0.130. The van der Waals surface area contributed by atoms with E-state index in [0.717, 1.165) is 16.7 Å². The largest absolute Gasteiger partial charge is 0.503 e. The van der Waals surface area contributed by atoms with Crippen LogP contribution in [0.15, 0.2) is 90.9 Å². The Morgan fingerprint density at radius 2 is 1.62 bits per heavy atom. The van der Waals surface area contributed by atoms with Crippen LogP contribution in [-0.2, 0) is 11.3 Å². The Balaban J connectivity index is 1.81. The quantitative estimate of drug-likeness (QED) is 0.775. The fourth-order valence-corrected chi connectivity index (χ4v) is 3.40. The normalized spacial score (nSPS) is 17.0. The Morgan fingerprint density at radius 3 is 2.27 bits per heavy atom. The summed E-state index contributed by atoms with van der Waals surface area (Å²) in [6.07, 6.45) is 3.45. The Hall–Kier alpha value is -3.40. The molecule has 1 amide bonds. The first-order valence-electron chi connectivity index (χ1n) is 8.49. The zero-order valence-electron chi connectivity index (χ0n) is 14.1. The average Bonchev–Trinajstić information content (AvgIpc) is 2.95. The lowest BCUT2D eigenvalue weighted by Gasteiger charge is -2.27. The molecule has 1 aliphatic rings. The molecule has 0 radical (unpaired) electrons. The standard InChI is InChI=1S/C22H18N2O2/c25-21-19(17-9-3-1-4-10-17)20(18-11-5-2-6-12-18)24(22(21)26)15-16-8-7-13-23-14-16/h1-14,20,25H,15H2. The topological polar surface area (TPSA) is 53.4 Å². The van der Waals surface area contributed by atoms with Crippen LogP contribution < -0.4 is 0 Å². The number of carbonyl (C=O) groups is 1. The summed E-state index contributed by atoms with van der Waals surface area (Å²) < 4.78 is 0. The third kappa shape index (κ3) is 2.86. The maximum Gasteiger partial charge on any atom is 0.290 e. The van der Waals surface area contributed by atoms with E-state index in [-0.39, 0.29) is 17.7 Å². The summed E-state index contributed by atoms with van der Waals surface area (Å²) in [6.45, 7) is 0.382. The molecular weight excluding hydrogens is 324 g/mol. The number of hydrogen-bond acceptors (Lipinski definition) is 3. The van der Waals surface area contributed by atoms with Gasteiger partial charge < -0.3 is 10.0 Å². The predicted molar refractivity (Wildman–Crippen MR) is 100.0 cm³/mol. The van der Waals surface area contributed by atoms with Crippen LogP contribution in [0.3, 0.4) is 0 Å². The second-order valence-electron chi connectivity index (χ2n) is 6.24. The molecule has 2 aromatic carbocycles. The van der Waals surface area contributed by atoms with Gasteiger partial charge in [-0.2, -0.15) is 0 Å². The SMILES string of the molecule is O=C1C(O)=C(c2ccccc2)C(c2ccccc2)N1Cc1cccnc1. The molecule has 0 aliphatic carbocycles. The number of carbonyl (C=O) groups excluding carboxylic acids is 1. The van der Waals surface area contributed by atoms with Crippen molar-refractivity contribution < 1.29 is 9.90 Å². The molecule has 4 heteroatoms. The van der Waals surface area contributed by atoms with E-state index in [4.69, 9.17) is 0 Å². The van der Waals surface area contributed by atoms with Crippen molar-refractivity contribution in [1.29, 1.82) is 0 Å². The number of aliphatic hydroxyl groups excluding tert-OH is 1. The number of hydrogen-bond donors (Lipinski definition) is 1. The van der Waals surface area contributed by atoms with Gasteiger partial charge in [0, 0.05) is 24.5 Å². The minimum atomic E-state index is -0.360. The van der Waals surface area contributed by atoms with Crippen molar-refractivity contribution in [1.82, 2.24) is 9.88 Å². The van der Waals surface area contributed by atoms with E-state index in [2.05, 4.69) is 4.98 Å². The lowest BCUT2D eigenvalue weighted by Crippen LogP contribution is -2.29. The molecule has 1 N–H and O–H groups in total. The highest BCUT2D eigenvalue weighted by molar-refractivity contribution is 6.05. The molecule has 3 aromatic rings. The Morgan fingerprint density at radius 1 is 0.923 bits per heavy atom. The molecule has 1 unspecified atom stereocenters. The molecule has 128 valence electrons. The van der Waals surface area contributed by atoms with E-state index in [0.29, 0.717) is 12.1 Å². The summed E-state index contributed by atoms with van der Waals surface area (Å²) in [5.74, 6) is -0.546. The van der Waals surface area contributed by atoms with Crippen molar-refractivity contribution in [2.75, 3.05) is 0 Å². The van der Waals surface area contributed by atoms with Crippen LogP contribution in [0.5, 0.6) is 0 Å². The lowest BCUT2D eigenvalue weighted by atomic mass is 9.93. The van der Waals surface area contributed by atoms with Crippen molar-refractivity contribution in [3.8, 4) is 0 Å². The van der Waals surface area contributed by atoms with Crippen molar-refractivity contribution in [3.63, 3.8) is 0 Å². The van der Waals surface area contributed by atoms with Gasteiger partial charge in [-0.3, -0.25) is 9.78 Å². The zero-order valence-corrected chi connectivity index (χ0v) is 14.1. The van der Waals surface area contributed by atoms with Gasteiger partial charge in [-0.05, 0) is 22.8 Å². The molecule has 26 heavy (non-hydrogen) atoms. The van der Waals surface area contributed by atoms with Gasteiger partial charge in [-0.1, -0.05) is 66.7 Å². The van der Waals surface area contributed by atoms with Gasteiger partial charge in [0.1, 0.15) is 0 Å². The summed E-state index contributed by atoms with van der Waals surface area (Å²) in [4.78, 5) is 18.7. The fraction of sp³-hybridized carbons (Fsp3) is 0.0909. The van der Waals surface area contributed by atoms with Crippen molar-refractivity contribution in [2.45, 2.75) is 12.6 Å². The summed E-state index contributed by atoms with van der Waals surface area (Å²) >= 11 is 0. The molecule has 0 saturated heterocycles. The molecule has 4 rings (SSSR count). The third-order valence-electron chi connectivity index (χ3n) is 4.58. The van der Waals surface area contributed by atoms with Crippen LogP contribution in [0, 0.1) is 0 Å². The van der Waals surface area contributed by atoms with Gasteiger partial charge in [0.2, 0.25) is 0 Å². The first-order valence-corrected chi connectivity index (χ1v) is 8.49. The third-order valence-corrected chi connectivity index (χ3v) is 4.58. The van der Waals surface area contributed by atoms with Gasteiger partial charge in [-0.15, -0.1) is 0 Å². The first kappa shape index (κ1) is 16.1. The van der Waals surface area contributed by atoms with Gasteiger partial charge in [0.25, 0.3) is 5.91 Å². The van der Waals surface area contributed by atoms with Crippen molar-refractivity contribution >= 4 is 11.5 Å². The van der Waals surface area contributed by atoms with Crippen LogP contribution in [0.2, 0.25) is 0 Å². The van der Waals surface area contributed by atoms with E-state index < -0.39 is 0 Å². The van der Waals surface area contributed by atoms with Gasteiger partial charge >= 0.3 is 0 Å². The Kier molecular flexibility index (Phi) is 4.23. The zero-order chi connectivity index (χ0) is 17.9. The number of aromatic nitrogens is 1. The Labute approximate surface area is 152 Å². The minimum Gasteiger partial charge on any atom is -0.503 e. The van der Waals surface area contributed by atoms with Crippen LogP contribution in [0.25, 0.3) is 5.57 Å². The minimum absolute atomic E-state index is 0.186. The van der Waals surface area contributed by atoms with E-state index in [1.54, 1.807) is 17.3 Å². The highest BCUT2D eigenvalue weighted by Gasteiger charge is 2.40. The van der Waals surface area contributed by atoms with Crippen LogP contribution in [-0.4, -0.2) is 20.9 Å². The molecule has 1 atom stereocenters. The van der Waals surface area contributed by atoms with Crippen LogP contribution in [0.4, 0.5) is 0 Å². The molecular formula is C22H18N2O2. The maximum absolute atomic E-state index is 12.9. The number of benzene rings is 2. The number of aliphatic hydroxyl groups is 1. The fourth-order valence-electron chi connectivity index (χ4n) is 3.40.